The molecule has 1 aromatic carbocycles. The normalized spacial score (nSPS) is 17.9. The van der Waals surface area contributed by atoms with E-state index < -0.39 is 10.2 Å². The van der Waals surface area contributed by atoms with E-state index in [4.69, 9.17) is 5.73 Å². The first kappa shape index (κ1) is 14.6. The van der Waals surface area contributed by atoms with Gasteiger partial charge in [0.2, 0.25) is 0 Å². The van der Waals surface area contributed by atoms with E-state index in [0.717, 1.165) is 25.7 Å². The molecule has 1 aliphatic heterocycles. The number of hydrogen-bond donors (Lipinski definition) is 2. The summed E-state index contributed by atoms with van der Waals surface area (Å²) in [6, 6.07) is 5.01. The van der Waals surface area contributed by atoms with E-state index in [-0.39, 0.29) is 0 Å². The van der Waals surface area contributed by atoms with E-state index >= 15 is 0 Å². The first-order valence-electron chi connectivity index (χ1n) is 6.32. The van der Waals surface area contributed by atoms with Crippen LogP contribution in [0, 0.1) is 0 Å². The third kappa shape index (κ3) is 3.84. The van der Waals surface area contributed by atoms with Crippen LogP contribution >= 0.6 is 15.9 Å². The van der Waals surface area contributed by atoms with Crippen molar-refractivity contribution in [1.29, 1.82) is 0 Å². The van der Waals surface area contributed by atoms with Gasteiger partial charge in [-0.25, -0.2) is 0 Å². The largest absolute Gasteiger partial charge is 0.399 e. The molecule has 1 aliphatic rings. The van der Waals surface area contributed by atoms with Crippen LogP contribution in [0.25, 0.3) is 0 Å². The lowest BCUT2D eigenvalue weighted by Crippen LogP contribution is -2.36. The molecule has 0 radical (unpaired) electrons. The third-order valence-electron chi connectivity index (χ3n) is 3.14. The Morgan fingerprint density at radius 2 is 1.79 bits per heavy atom. The first-order valence-corrected chi connectivity index (χ1v) is 8.55. The van der Waals surface area contributed by atoms with Gasteiger partial charge in [-0.2, -0.15) is 12.7 Å². The summed E-state index contributed by atoms with van der Waals surface area (Å²) in [4.78, 5) is 0. The maximum Gasteiger partial charge on any atom is 0.301 e. The summed E-state index contributed by atoms with van der Waals surface area (Å²) in [5, 5.41) is 0. The van der Waals surface area contributed by atoms with Crippen molar-refractivity contribution in [2.24, 2.45) is 0 Å². The summed E-state index contributed by atoms with van der Waals surface area (Å²) in [6.07, 6.45) is 4.03. The molecule has 1 aromatic rings. The van der Waals surface area contributed by atoms with Crippen LogP contribution in [-0.2, 0) is 10.2 Å². The molecular formula is C12H18BrN3O2S. The molecule has 1 heterocycles. The highest BCUT2D eigenvalue weighted by Crippen LogP contribution is 2.26. The number of rotatable bonds is 3. The number of halogens is 1. The van der Waals surface area contributed by atoms with E-state index in [9.17, 15) is 8.42 Å². The minimum absolute atomic E-state index is 0.512. The molecule has 0 bridgehead atoms. The van der Waals surface area contributed by atoms with Crippen LogP contribution in [0.3, 0.4) is 0 Å². The second kappa shape index (κ2) is 6.11. The monoisotopic (exact) mass is 347 g/mol. The van der Waals surface area contributed by atoms with Gasteiger partial charge in [-0.15, -0.1) is 0 Å². The molecule has 7 heteroatoms. The van der Waals surface area contributed by atoms with Crippen LogP contribution in [0.1, 0.15) is 25.7 Å². The van der Waals surface area contributed by atoms with Crippen LogP contribution in [0.5, 0.6) is 0 Å². The number of nitrogens with one attached hydrogen (secondary N) is 1. The van der Waals surface area contributed by atoms with Gasteiger partial charge in [-0.3, -0.25) is 4.72 Å². The van der Waals surface area contributed by atoms with Crippen molar-refractivity contribution in [1.82, 2.24) is 4.31 Å². The number of nitrogens with two attached hydrogens (primary N) is 1. The average Bonchev–Trinajstić information content (AvgIpc) is 2.62. The summed E-state index contributed by atoms with van der Waals surface area (Å²) in [5.41, 5.74) is 6.74. The molecule has 0 aliphatic carbocycles. The molecular weight excluding hydrogens is 330 g/mol. The number of hydrogen-bond acceptors (Lipinski definition) is 3. The predicted octanol–water partition coefficient (Wildman–Crippen LogP) is 2.56. The van der Waals surface area contributed by atoms with Crippen molar-refractivity contribution < 1.29 is 8.42 Å². The molecule has 3 N–H and O–H groups in total. The van der Waals surface area contributed by atoms with Crippen molar-refractivity contribution >= 4 is 37.5 Å². The Balaban J connectivity index is 2.15. The third-order valence-corrected chi connectivity index (χ3v) is 5.32. The molecule has 0 unspecified atom stereocenters. The highest BCUT2D eigenvalue weighted by atomic mass is 79.9. The Morgan fingerprint density at radius 3 is 2.37 bits per heavy atom. The molecule has 5 nitrogen and oxygen atoms in total. The summed E-state index contributed by atoms with van der Waals surface area (Å²) < 4.78 is 29.4. The molecule has 2 rings (SSSR count). The van der Waals surface area contributed by atoms with Gasteiger partial charge in [0, 0.05) is 23.2 Å². The zero-order chi connectivity index (χ0) is 13.9. The van der Waals surface area contributed by atoms with E-state index in [1.165, 1.54) is 4.31 Å². The quantitative estimate of drug-likeness (QED) is 0.825. The van der Waals surface area contributed by atoms with Crippen molar-refractivity contribution in [2.45, 2.75) is 25.7 Å². The molecule has 0 saturated carbocycles. The highest BCUT2D eigenvalue weighted by Gasteiger charge is 2.23. The second-order valence-electron chi connectivity index (χ2n) is 4.66. The van der Waals surface area contributed by atoms with Gasteiger partial charge in [0.05, 0.1) is 5.69 Å². The lowest BCUT2D eigenvalue weighted by molar-refractivity contribution is 0.427. The first-order chi connectivity index (χ1) is 8.99. The number of anilines is 2. The molecule has 1 fully saturated rings. The topological polar surface area (TPSA) is 75.4 Å². The van der Waals surface area contributed by atoms with Crippen LogP contribution in [-0.4, -0.2) is 25.8 Å². The summed E-state index contributed by atoms with van der Waals surface area (Å²) in [5.74, 6) is 0. The Kier molecular flexibility index (Phi) is 4.70. The standard InChI is InChI=1S/C12H18BrN3O2S/c13-11-9-10(14)5-6-12(11)15-19(17,18)16-7-3-1-2-4-8-16/h5-6,9,15H,1-4,7-8,14H2. The molecule has 1 saturated heterocycles. The minimum atomic E-state index is -3.48. The average molecular weight is 348 g/mol. The van der Waals surface area contributed by atoms with Crippen molar-refractivity contribution in [3.63, 3.8) is 0 Å². The fraction of sp³-hybridized carbons (Fsp3) is 0.500. The number of nitrogen functional groups attached to an aromatic ring is 1. The van der Waals surface area contributed by atoms with Gasteiger partial charge < -0.3 is 5.73 Å². The van der Waals surface area contributed by atoms with Crippen molar-refractivity contribution in [3.05, 3.63) is 22.7 Å². The molecule has 19 heavy (non-hydrogen) atoms. The molecule has 0 amide bonds. The Hall–Kier alpha value is -0.790. The highest BCUT2D eigenvalue weighted by molar-refractivity contribution is 9.10. The molecule has 0 spiro atoms. The SMILES string of the molecule is Nc1ccc(NS(=O)(=O)N2CCCCCC2)c(Br)c1. The van der Waals surface area contributed by atoms with Crippen LogP contribution < -0.4 is 10.5 Å². The van der Waals surface area contributed by atoms with Crippen LogP contribution in [0.4, 0.5) is 11.4 Å². The Bertz CT molecular complexity index is 540. The lowest BCUT2D eigenvalue weighted by atomic mass is 10.2. The molecule has 106 valence electrons. The van der Waals surface area contributed by atoms with Crippen LogP contribution in [0.2, 0.25) is 0 Å². The zero-order valence-electron chi connectivity index (χ0n) is 10.6. The van der Waals surface area contributed by atoms with Gasteiger partial charge in [-0.05, 0) is 47.0 Å². The fourth-order valence-electron chi connectivity index (χ4n) is 2.10. The summed E-state index contributed by atoms with van der Waals surface area (Å²) in [7, 11) is -3.48. The Morgan fingerprint density at radius 1 is 1.16 bits per heavy atom. The summed E-state index contributed by atoms with van der Waals surface area (Å²) in [6.45, 7) is 1.17. The van der Waals surface area contributed by atoms with E-state index in [1.54, 1.807) is 18.2 Å². The van der Waals surface area contributed by atoms with Gasteiger partial charge in [0.15, 0.2) is 0 Å². The van der Waals surface area contributed by atoms with E-state index in [0.29, 0.717) is 28.9 Å². The van der Waals surface area contributed by atoms with Crippen molar-refractivity contribution in [3.8, 4) is 0 Å². The van der Waals surface area contributed by atoms with Crippen molar-refractivity contribution in [2.75, 3.05) is 23.5 Å². The maximum absolute atomic E-state index is 12.3. The molecule has 0 atom stereocenters. The van der Waals surface area contributed by atoms with E-state index in [2.05, 4.69) is 20.7 Å². The van der Waals surface area contributed by atoms with Crippen LogP contribution in [0.15, 0.2) is 22.7 Å². The summed E-state index contributed by atoms with van der Waals surface area (Å²) >= 11 is 3.31. The lowest BCUT2D eigenvalue weighted by Gasteiger charge is -2.21. The van der Waals surface area contributed by atoms with Gasteiger partial charge in [0.25, 0.3) is 0 Å². The van der Waals surface area contributed by atoms with E-state index in [1.807, 2.05) is 0 Å². The zero-order valence-corrected chi connectivity index (χ0v) is 13.0. The van der Waals surface area contributed by atoms with Gasteiger partial charge >= 0.3 is 10.2 Å². The minimum Gasteiger partial charge on any atom is -0.399 e. The molecule has 0 aromatic heterocycles. The smallest absolute Gasteiger partial charge is 0.301 e. The van der Waals surface area contributed by atoms with Gasteiger partial charge in [0.1, 0.15) is 0 Å². The second-order valence-corrected chi connectivity index (χ2v) is 7.18. The maximum atomic E-state index is 12.3. The number of benzene rings is 1. The Labute approximate surface area is 122 Å². The van der Waals surface area contributed by atoms with Gasteiger partial charge in [-0.1, -0.05) is 12.8 Å². The fourth-order valence-corrected chi connectivity index (χ4v) is 4.05. The number of nitrogens with zero attached hydrogens (tertiary/aromatic N) is 1. The predicted molar refractivity (Wildman–Crippen MR) is 81.1 cm³/mol.